The van der Waals surface area contributed by atoms with Crippen molar-refractivity contribution in [1.82, 2.24) is 14.8 Å². The van der Waals surface area contributed by atoms with Crippen molar-refractivity contribution in [2.45, 2.75) is 18.7 Å². The molecule has 10 heteroatoms. The van der Waals surface area contributed by atoms with E-state index in [4.69, 9.17) is 8.92 Å². The van der Waals surface area contributed by atoms with E-state index in [1.807, 2.05) is 0 Å². The van der Waals surface area contributed by atoms with Gasteiger partial charge in [0.2, 0.25) is 5.69 Å². The van der Waals surface area contributed by atoms with Gasteiger partial charge < -0.3 is 8.92 Å². The van der Waals surface area contributed by atoms with Crippen LogP contribution in [0.15, 0.2) is 64.5 Å². The summed E-state index contributed by atoms with van der Waals surface area (Å²) in [5.74, 6) is -1.45. The SMILES string of the molecule is CCOC(=O)c1nn(-c2ccccc2C)c(=O)cc1OS(=O)(=O)c1cccnc1. The molecule has 1 aromatic carbocycles. The predicted molar refractivity (Wildman–Crippen MR) is 103 cm³/mol. The van der Waals surface area contributed by atoms with Gasteiger partial charge in [0.1, 0.15) is 4.90 Å². The van der Waals surface area contributed by atoms with Gasteiger partial charge in [-0.2, -0.15) is 18.2 Å². The fraction of sp³-hybridized carbons (Fsp3) is 0.158. The van der Waals surface area contributed by atoms with E-state index in [0.717, 1.165) is 22.5 Å². The Balaban J connectivity index is 2.14. The lowest BCUT2D eigenvalue weighted by Gasteiger charge is -2.13. The number of ether oxygens (including phenoxy) is 1. The van der Waals surface area contributed by atoms with Crippen molar-refractivity contribution >= 4 is 16.1 Å². The molecule has 9 nitrogen and oxygen atoms in total. The van der Waals surface area contributed by atoms with Crippen LogP contribution in [0.3, 0.4) is 0 Å². The number of aryl methyl sites for hydroxylation is 1. The largest absolute Gasteiger partial charge is 0.461 e. The van der Waals surface area contributed by atoms with Gasteiger partial charge in [-0.25, -0.2) is 4.79 Å². The van der Waals surface area contributed by atoms with Gasteiger partial charge >= 0.3 is 16.1 Å². The summed E-state index contributed by atoms with van der Waals surface area (Å²) in [6.45, 7) is 3.38. The Morgan fingerprint density at radius 1 is 1.17 bits per heavy atom. The first-order valence-electron chi connectivity index (χ1n) is 8.55. The molecule has 0 aliphatic rings. The summed E-state index contributed by atoms with van der Waals surface area (Å²) in [7, 11) is -4.35. The lowest BCUT2D eigenvalue weighted by atomic mass is 10.2. The highest BCUT2D eigenvalue weighted by Gasteiger charge is 2.25. The zero-order valence-electron chi connectivity index (χ0n) is 15.6. The topological polar surface area (TPSA) is 117 Å². The van der Waals surface area contributed by atoms with Crippen LogP contribution in [0, 0.1) is 6.92 Å². The Morgan fingerprint density at radius 2 is 1.93 bits per heavy atom. The fourth-order valence-electron chi connectivity index (χ4n) is 2.48. The summed E-state index contributed by atoms with van der Waals surface area (Å²) in [5, 5.41) is 4.02. The maximum Gasteiger partial charge on any atom is 0.362 e. The number of esters is 1. The van der Waals surface area contributed by atoms with Gasteiger partial charge in [-0.05, 0) is 37.6 Å². The summed E-state index contributed by atoms with van der Waals surface area (Å²) < 4.78 is 36.0. The lowest BCUT2D eigenvalue weighted by molar-refractivity contribution is 0.0515. The Morgan fingerprint density at radius 3 is 2.59 bits per heavy atom. The standard InChI is InChI=1S/C19H17N3O6S/c1-3-27-19(24)18-16(28-29(25,26)14-8-6-10-20-12-14)11-17(23)22(21-18)15-9-5-4-7-13(15)2/h4-12H,3H2,1-2H3. The van der Waals surface area contributed by atoms with Crippen LogP contribution in [0.1, 0.15) is 23.0 Å². The lowest BCUT2D eigenvalue weighted by Crippen LogP contribution is -2.26. The van der Waals surface area contributed by atoms with Crippen molar-refractivity contribution in [3.05, 3.63) is 76.5 Å². The number of carbonyl (C=O) groups is 1. The molecule has 0 saturated carbocycles. The number of rotatable bonds is 6. The summed E-state index contributed by atoms with van der Waals surface area (Å²) in [4.78, 5) is 28.5. The van der Waals surface area contributed by atoms with E-state index in [1.165, 1.54) is 18.3 Å². The highest BCUT2D eigenvalue weighted by Crippen LogP contribution is 2.22. The number of nitrogens with zero attached hydrogens (tertiary/aromatic N) is 3. The molecule has 150 valence electrons. The molecule has 29 heavy (non-hydrogen) atoms. The molecular formula is C19H17N3O6S. The van der Waals surface area contributed by atoms with Gasteiger partial charge in [0.05, 0.1) is 18.4 Å². The number of carbonyl (C=O) groups excluding carboxylic acids is 1. The number of para-hydroxylation sites is 1. The van der Waals surface area contributed by atoms with Gasteiger partial charge in [0.25, 0.3) is 5.56 Å². The third-order valence-corrected chi connectivity index (χ3v) is 5.05. The number of hydrogen-bond donors (Lipinski definition) is 0. The fourth-order valence-corrected chi connectivity index (χ4v) is 3.37. The van der Waals surface area contributed by atoms with Gasteiger partial charge in [-0.15, -0.1) is 0 Å². The van der Waals surface area contributed by atoms with E-state index in [9.17, 15) is 18.0 Å². The van der Waals surface area contributed by atoms with Crippen LogP contribution in [-0.2, 0) is 14.9 Å². The molecule has 2 aromatic heterocycles. The minimum absolute atomic E-state index is 0.0266. The quantitative estimate of drug-likeness (QED) is 0.442. The Kier molecular flexibility index (Phi) is 5.74. The van der Waals surface area contributed by atoms with E-state index in [-0.39, 0.29) is 11.5 Å². The molecule has 2 heterocycles. The zero-order valence-corrected chi connectivity index (χ0v) is 16.4. The number of benzene rings is 1. The summed E-state index contributed by atoms with van der Waals surface area (Å²) in [5.41, 5.74) is 0.0455. The maximum atomic E-state index is 12.6. The maximum absolute atomic E-state index is 12.6. The second-order valence-electron chi connectivity index (χ2n) is 5.84. The van der Waals surface area contributed by atoms with Crippen molar-refractivity contribution in [1.29, 1.82) is 0 Å². The first kappa shape index (κ1) is 20.2. The third kappa shape index (κ3) is 4.32. The Hall–Kier alpha value is -3.53. The minimum atomic E-state index is -4.35. The molecule has 0 radical (unpaired) electrons. The molecular weight excluding hydrogens is 398 g/mol. The van der Waals surface area contributed by atoms with E-state index in [0.29, 0.717) is 5.69 Å². The molecule has 0 spiro atoms. The normalized spacial score (nSPS) is 11.1. The molecule has 0 atom stereocenters. The summed E-state index contributed by atoms with van der Waals surface area (Å²) in [6.07, 6.45) is 2.48. The molecule has 0 aliphatic carbocycles. The second kappa shape index (κ2) is 8.23. The summed E-state index contributed by atoms with van der Waals surface area (Å²) >= 11 is 0. The second-order valence-corrected chi connectivity index (χ2v) is 7.39. The third-order valence-electron chi connectivity index (χ3n) is 3.83. The zero-order chi connectivity index (χ0) is 21.0. The first-order chi connectivity index (χ1) is 13.8. The van der Waals surface area contributed by atoms with Crippen LogP contribution in [0.25, 0.3) is 5.69 Å². The number of hydrogen-bond acceptors (Lipinski definition) is 8. The van der Waals surface area contributed by atoms with Crippen molar-refractivity contribution in [2.75, 3.05) is 6.61 Å². The van der Waals surface area contributed by atoms with E-state index >= 15 is 0 Å². The predicted octanol–water partition coefficient (Wildman–Crippen LogP) is 1.88. The molecule has 0 aliphatic heterocycles. The molecule has 3 aromatic rings. The van der Waals surface area contributed by atoms with Gasteiger partial charge in [-0.1, -0.05) is 18.2 Å². The van der Waals surface area contributed by atoms with Crippen molar-refractivity contribution in [2.24, 2.45) is 0 Å². The van der Waals surface area contributed by atoms with Crippen LogP contribution < -0.4 is 9.74 Å². The monoisotopic (exact) mass is 415 g/mol. The van der Waals surface area contributed by atoms with Crippen molar-refractivity contribution < 1.29 is 22.1 Å². The Bertz CT molecular complexity index is 1210. The molecule has 0 fully saturated rings. The number of pyridine rings is 1. The molecule has 0 amide bonds. The van der Waals surface area contributed by atoms with E-state index in [1.54, 1.807) is 38.1 Å². The molecule has 3 rings (SSSR count). The average molecular weight is 415 g/mol. The van der Waals surface area contributed by atoms with Crippen LogP contribution in [0.5, 0.6) is 5.75 Å². The molecule has 0 N–H and O–H groups in total. The Labute approximate surface area is 166 Å². The van der Waals surface area contributed by atoms with Gasteiger partial charge in [0, 0.05) is 12.4 Å². The van der Waals surface area contributed by atoms with Crippen molar-refractivity contribution in [3.8, 4) is 11.4 Å². The highest BCUT2D eigenvalue weighted by atomic mass is 32.2. The summed E-state index contributed by atoms with van der Waals surface area (Å²) in [6, 6.07) is 10.5. The van der Waals surface area contributed by atoms with E-state index < -0.39 is 33.1 Å². The smallest absolute Gasteiger partial charge is 0.362 e. The minimum Gasteiger partial charge on any atom is -0.461 e. The van der Waals surface area contributed by atoms with Crippen LogP contribution >= 0.6 is 0 Å². The molecule has 0 unspecified atom stereocenters. The van der Waals surface area contributed by atoms with Gasteiger partial charge in [-0.3, -0.25) is 9.78 Å². The first-order valence-corrected chi connectivity index (χ1v) is 9.96. The molecule has 0 bridgehead atoms. The van der Waals surface area contributed by atoms with Crippen LogP contribution in [-0.4, -0.2) is 35.8 Å². The van der Waals surface area contributed by atoms with Gasteiger partial charge in [0.15, 0.2) is 5.75 Å². The van der Waals surface area contributed by atoms with E-state index in [2.05, 4.69) is 10.1 Å². The molecule has 0 saturated heterocycles. The van der Waals surface area contributed by atoms with Crippen LogP contribution in [0.4, 0.5) is 0 Å². The average Bonchev–Trinajstić information content (AvgIpc) is 2.69. The van der Waals surface area contributed by atoms with Crippen molar-refractivity contribution in [3.63, 3.8) is 0 Å². The highest BCUT2D eigenvalue weighted by molar-refractivity contribution is 7.87. The van der Waals surface area contributed by atoms with Crippen LogP contribution in [0.2, 0.25) is 0 Å². The number of aromatic nitrogens is 3.